The maximum Gasteiger partial charge on any atom is 0.319 e. The summed E-state index contributed by atoms with van der Waals surface area (Å²) in [5.41, 5.74) is 2.87. The molecule has 112 valence electrons. The lowest BCUT2D eigenvalue weighted by Crippen LogP contribution is -2.28. The molecule has 0 saturated heterocycles. The highest BCUT2D eigenvalue weighted by Crippen LogP contribution is 2.20. The number of aromatic nitrogens is 2. The van der Waals surface area contributed by atoms with Crippen molar-refractivity contribution in [1.29, 1.82) is 0 Å². The topological polar surface area (TPSA) is 59.0 Å². The first-order valence-corrected chi connectivity index (χ1v) is 7.29. The van der Waals surface area contributed by atoms with Crippen LogP contribution < -0.4 is 10.6 Å². The molecule has 0 aliphatic heterocycles. The van der Waals surface area contributed by atoms with Crippen LogP contribution in [0.2, 0.25) is 0 Å². The zero-order valence-corrected chi connectivity index (χ0v) is 12.4. The molecule has 0 fully saturated rings. The van der Waals surface area contributed by atoms with E-state index in [-0.39, 0.29) is 6.03 Å². The summed E-state index contributed by atoms with van der Waals surface area (Å²) in [5.74, 6) is 0. The maximum absolute atomic E-state index is 12.0. The minimum absolute atomic E-state index is 0.224. The second kappa shape index (κ2) is 6.30. The van der Waals surface area contributed by atoms with Crippen molar-refractivity contribution < 1.29 is 4.79 Å². The number of benzene rings is 1. The van der Waals surface area contributed by atoms with Crippen LogP contribution in [0.5, 0.6) is 0 Å². The number of carbonyl (C=O) groups is 1. The molecule has 0 radical (unpaired) electrons. The maximum atomic E-state index is 12.0. The van der Waals surface area contributed by atoms with E-state index >= 15 is 0 Å². The molecule has 3 aromatic rings. The summed E-state index contributed by atoms with van der Waals surface area (Å²) in [6, 6.07) is 11.5. The average molecular weight is 294 g/mol. The number of hydrogen-bond donors (Lipinski definition) is 2. The van der Waals surface area contributed by atoms with Crippen LogP contribution >= 0.6 is 0 Å². The summed E-state index contributed by atoms with van der Waals surface area (Å²) in [4.78, 5) is 16.0. The van der Waals surface area contributed by atoms with Gasteiger partial charge >= 0.3 is 6.03 Å². The van der Waals surface area contributed by atoms with Gasteiger partial charge in [0.15, 0.2) is 0 Å². The van der Waals surface area contributed by atoms with E-state index in [0.29, 0.717) is 6.54 Å². The van der Waals surface area contributed by atoms with Crippen LogP contribution in [0.25, 0.3) is 10.9 Å². The van der Waals surface area contributed by atoms with Crippen LogP contribution in [-0.4, -0.2) is 15.6 Å². The smallest absolute Gasteiger partial charge is 0.319 e. The molecule has 0 aliphatic carbocycles. The second-order valence-electron chi connectivity index (χ2n) is 5.04. The Kier molecular flexibility index (Phi) is 4.05. The van der Waals surface area contributed by atoms with Gasteiger partial charge in [-0.3, -0.25) is 4.98 Å². The lowest BCUT2D eigenvalue weighted by molar-refractivity contribution is 0.251. The molecule has 2 amide bonds. The Bertz CT molecular complexity index is 780. The predicted molar refractivity (Wildman–Crippen MR) is 87.7 cm³/mol. The molecule has 0 bridgehead atoms. The molecule has 0 spiro atoms. The number of urea groups is 1. The quantitative estimate of drug-likeness (QED) is 0.775. The number of nitrogens with one attached hydrogen (secondary N) is 2. The number of pyridine rings is 1. The SMILES string of the molecule is CCn1ccc2ccc(NC(=O)NCc3cccnc3)cc21. The first-order valence-electron chi connectivity index (χ1n) is 7.29. The molecule has 1 aromatic carbocycles. The number of hydrogen-bond acceptors (Lipinski definition) is 2. The highest BCUT2D eigenvalue weighted by Gasteiger charge is 2.05. The molecule has 2 N–H and O–H groups in total. The van der Waals surface area contributed by atoms with Gasteiger partial charge in [0.05, 0.1) is 5.52 Å². The van der Waals surface area contributed by atoms with Gasteiger partial charge in [0.1, 0.15) is 0 Å². The van der Waals surface area contributed by atoms with Crippen LogP contribution in [0.3, 0.4) is 0 Å². The van der Waals surface area contributed by atoms with Gasteiger partial charge in [0.25, 0.3) is 0 Å². The van der Waals surface area contributed by atoms with Gasteiger partial charge in [-0.25, -0.2) is 4.79 Å². The summed E-state index contributed by atoms with van der Waals surface area (Å²) in [5, 5.41) is 6.85. The Morgan fingerprint density at radius 1 is 1.27 bits per heavy atom. The number of rotatable bonds is 4. The molecule has 0 atom stereocenters. The van der Waals surface area contributed by atoms with Crippen molar-refractivity contribution >= 4 is 22.6 Å². The van der Waals surface area contributed by atoms with Crippen molar-refractivity contribution in [3.63, 3.8) is 0 Å². The van der Waals surface area contributed by atoms with E-state index in [4.69, 9.17) is 0 Å². The van der Waals surface area contributed by atoms with E-state index in [2.05, 4.69) is 39.4 Å². The molecule has 0 unspecified atom stereocenters. The molecule has 0 saturated carbocycles. The molecule has 3 rings (SSSR count). The van der Waals surface area contributed by atoms with Gasteiger partial charge in [0, 0.05) is 37.4 Å². The minimum atomic E-state index is -0.224. The summed E-state index contributed by atoms with van der Waals surface area (Å²) in [6.45, 7) is 3.45. The Hall–Kier alpha value is -2.82. The number of fused-ring (bicyclic) bond motifs is 1. The molecule has 5 heteroatoms. The fourth-order valence-corrected chi connectivity index (χ4v) is 2.40. The van der Waals surface area contributed by atoms with E-state index in [9.17, 15) is 4.79 Å². The second-order valence-corrected chi connectivity index (χ2v) is 5.04. The van der Waals surface area contributed by atoms with Crippen LogP contribution in [0.15, 0.2) is 55.0 Å². The van der Waals surface area contributed by atoms with Crippen molar-refractivity contribution in [1.82, 2.24) is 14.9 Å². The fraction of sp³-hybridized carbons (Fsp3) is 0.176. The molecule has 2 heterocycles. The summed E-state index contributed by atoms with van der Waals surface area (Å²) in [6.07, 6.45) is 5.50. The van der Waals surface area contributed by atoms with E-state index < -0.39 is 0 Å². The molecular weight excluding hydrogens is 276 g/mol. The van der Waals surface area contributed by atoms with Gasteiger partial charge in [0.2, 0.25) is 0 Å². The highest BCUT2D eigenvalue weighted by atomic mass is 16.2. The third kappa shape index (κ3) is 3.09. The Balaban J connectivity index is 1.66. The van der Waals surface area contributed by atoms with E-state index in [1.807, 2.05) is 30.3 Å². The number of aryl methyl sites for hydroxylation is 1. The Labute approximate surface area is 129 Å². The summed E-state index contributed by atoms with van der Waals surface area (Å²) in [7, 11) is 0. The first kappa shape index (κ1) is 14.1. The summed E-state index contributed by atoms with van der Waals surface area (Å²) < 4.78 is 2.15. The number of nitrogens with zero attached hydrogens (tertiary/aromatic N) is 2. The van der Waals surface area contributed by atoms with Gasteiger partial charge in [-0.2, -0.15) is 0 Å². The normalized spacial score (nSPS) is 10.6. The zero-order chi connectivity index (χ0) is 15.4. The first-order chi connectivity index (χ1) is 10.8. The zero-order valence-electron chi connectivity index (χ0n) is 12.4. The predicted octanol–water partition coefficient (Wildman–Crippen LogP) is 3.38. The van der Waals surface area contributed by atoms with E-state index in [0.717, 1.165) is 23.3 Å². The van der Waals surface area contributed by atoms with Gasteiger partial charge in [-0.05, 0) is 42.1 Å². The third-order valence-corrected chi connectivity index (χ3v) is 3.55. The molecule has 22 heavy (non-hydrogen) atoms. The molecule has 5 nitrogen and oxygen atoms in total. The minimum Gasteiger partial charge on any atom is -0.348 e. The Morgan fingerprint density at radius 2 is 2.18 bits per heavy atom. The standard InChI is InChI=1S/C17H18N4O/c1-2-21-9-7-14-5-6-15(10-16(14)21)20-17(22)19-12-13-4-3-8-18-11-13/h3-11H,2,12H2,1H3,(H2,19,20,22). The van der Waals surface area contributed by atoms with Crippen LogP contribution in [-0.2, 0) is 13.1 Å². The molecule has 2 aromatic heterocycles. The third-order valence-electron chi connectivity index (χ3n) is 3.55. The lowest BCUT2D eigenvalue weighted by Gasteiger charge is -2.08. The number of amides is 2. The average Bonchev–Trinajstić information content (AvgIpc) is 2.96. The van der Waals surface area contributed by atoms with Gasteiger partial charge in [-0.1, -0.05) is 12.1 Å². The van der Waals surface area contributed by atoms with Crippen LogP contribution in [0.1, 0.15) is 12.5 Å². The van der Waals surface area contributed by atoms with Crippen molar-refractivity contribution in [3.8, 4) is 0 Å². The van der Waals surface area contributed by atoms with E-state index in [1.54, 1.807) is 12.4 Å². The highest BCUT2D eigenvalue weighted by molar-refractivity contribution is 5.92. The van der Waals surface area contributed by atoms with Crippen LogP contribution in [0.4, 0.5) is 10.5 Å². The number of anilines is 1. The van der Waals surface area contributed by atoms with Crippen LogP contribution in [0, 0.1) is 0 Å². The molecular formula is C17H18N4O. The fourth-order valence-electron chi connectivity index (χ4n) is 2.40. The van der Waals surface area contributed by atoms with Crippen molar-refractivity contribution in [2.24, 2.45) is 0 Å². The number of carbonyl (C=O) groups excluding carboxylic acids is 1. The monoisotopic (exact) mass is 294 g/mol. The van der Waals surface area contributed by atoms with Crippen molar-refractivity contribution in [2.45, 2.75) is 20.0 Å². The van der Waals surface area contributed by atoms with Gasteiger partial charge in [-0.15, -0.1) is 0 Å². The van der Waals surface area contributed by atoms with Crippen molar-refractivity contribution in [3.05, 3.63) is 60.6 Å². The largest absolute Gasteiger partial charge is 0.348 e. The van der Waals surface area contributed by atoms with E-state index in [1.165, 1.54) is 5.39 Å². The lowest BCUT2D eigenvalue weighted by atomic mass is 10.2. The molecule has 0 aliphatic rings. The van der Waals surface area contributed by atoms with Crippen molar-refractivity contribution in [2.75, 3.05) is 5.32 Å². The summed E-state index contributed by atoms with van der Waals surface area (Å²) >= 11 is 0. The van der Waals surface area contributed by atoms with Gasteiger partial charge < -0.3 is 15.2 Å². The Morgan fingerprint density at radius 3 is 2.95 bits per heavy atom.